The third-order valence-electron chi connectivity index (χ3n) is 2.23. The third kappa shape index (κ3) is 3.48. The smallest absolute Gasteiger partial charge is 0.345 e. The van der Waals surface area contributed by atoms with Gasteiger partial charge in [-0.15, -0.1) is 0 Å². The fourth-order valence-corrected chi connectivity index (χ4v) is 1.34. The van der Waals surface area contributed by atoms with Gasteiger partial charge in [-0.05, 0) is 18.2 Å². The van der Waals surface area contributed by atoms with Crippen LogP contribution in [0.1, 0.15) is 24.2 Å². The Bertz CT molecular complexity index is 428. The summed E-state index contributed by atoms with van der Waals surface area (Å²) in [5, 5.41) is 8.97. The molecule has 0 radical (unpaired) electrons. The number of amides is 1. The van der Waals surface area contributed by atoms with Crippen LogP contribution in [0.25, 0.3) is 0 Å². The molecular weight excluding hydrogens is 222 g/mol. The van der Waals surface area contributed by atoms with Crippen LogP contribution in [0, 0.1) is 5.92 Å². The van der Waals surface area contributed by atoms with Gasteiger partial charge in [-0.1, -0.05) is 19.9 Å². The van der Waals surface area contributed by atoms with Gasteiger partial charge in [-0.25, -0.2) is 4.79 Å². The molecule has 0 spiro atoms. The topological polar surface area (TPSA) is 89.6 Å². The maximum absolute atomic E-state index is 11.0. The molecular formula is C12H15NO4. The summed E-state index contributed by atoms with van der Waals surface area (Å²) in [5.41, 5.74) is 5.41. The van der Waals surface area contributed by atoms with Crippen LogP contribution in [0.15, 0.2) is 24.3 Å². The van der Waals surface area contributed by atoms with Gasteiger partial charge >= 0.3 is 5.97 Å². The van der Waals surface area contributed by atoms with Gasteiger partial charge in [0.2, 0.25) is 5.91 Å². The van der Waals surface area contributed by atoms with E-state index >= 15 is 0 Å². The van der Waals surface area contributed by atoms with Crippen molar-refractivity contribution < 1.29 is 19.4 Å². The lowest BCUT2D eigenvalue weighted by Gasteiger charge is -2.18. The molecule has 5 heteroatoms. The summed E-state index contributed by atoms with van der Waals surface area (Å²) < 4.78 is 5.32. The van der Waals surface area contributed by atoms with Gasteiger partial charge in [0.05, 0.1) is 0 Å². The molecule has 1 aromatic carbocycles. The number of carboxylic acid groups (broad SMARTS) is 1. The maximum Gasteiger partial charge on any atom is 0.345 e. The van der Waals surface area contributed by atoms with Crippen LogP contribution in [-0.2, 0) is 4.79 Å². The predicted octanol–water partition coefficient (Wildman–Crippen LogP) is 1.27. The summed E-state index contributed by atoms with van der Waals surface area (Å²) in [6.07, 6.45) is -0.946. The van der Waals surface area contributed by atoms with E-state index in [0.29, 0.717) is 5.75 Å². The quantitative estimate of drug-likeness (QED) is 0.807. The molecule has 1 aromatic rings. The largest absolute Gasteiger partial charge is 0.478 e. The molecule has 0 aromatic heterocycles. The van der Waals surface area contributed by atoms with Crippen molar-refractivity contribution in [3.8, 4) is 5.75 Å². The molecule has 1 atom stereocenters. The Morgan fingerprint density at radius 2 is 2.00 bits per heavy atom. The standard InChI is InChI=1S/C12H15NO4/c1-7(2)10(12(15)16)17-9-5-3-4-8(6-9)11(13)14/h3-7,10H,1-2H3,(H2,13,14)(H,15,16). The van der Waals surface area contributed by atoms with E-state index in [4.69, 9.17) is 15.6 Å². The molecule has 1 unspecified atom stereocenters. The predicted molar refractivity (Wildman–Crippen MR) is 61.8 cm³/mol. The first-order chi connectivity index (χ1) is 7.91. The number of carbonyl (C=O) groups is 2. The minimum absolute atomic E-state index is 0.176. The SMILES string of the molecule is CC(C)C(Oc1cccc(C(N)=O)c1)C(=O)O. The van der Waals surface area contributed by atoms with Gasteiger partial charge in [-0.3, -0.25) is 4.79 Å². The first kappa shape index (κ1) is 13.0. The third-order valence-corrected chi connectivity index (χ3v) is 2.23. The van der Waals surface area contributed by atoms with Gasteiger partial charge in [-0.2, -0.15) is 0 Å². The summed E-state index contributed by atoms with van der Waals surface area (Å²) in [7, 11) is 0. The average molecular weight is 237 g/mol. The van der Waals surface area contributed by atoms with E-state index in [-0.39, 0.29) is 11.5 Å². The first-order valence-electron chi connectivity index (χ1n) is 5.21. The molecule has 0 saturated carbocycles. The molecule has 0 fully saturated rings. The minimum atomic E-state index is -1.04. The molecule has 0 aliphatic rings. The second-order valence-electron chi connectivity index (χ2n) is 4.01. The molecule has 1 amide bonds. The van der Waals surface area contributed by atoms with Crippen LogP contribution in [0.3, 0.4) is 0 Å². The Balaban J connectivity index is 2.90. The summed E-state index contributed by atoms with van der Waals surface area (Å²) in [4.78, 5) is 21.9. The Hall–Kier alpha value is -2.04. The van der Waals surface area contributed by atoms with Crippen molar-refractivity contribution in [1.29, 1.82) is 0 Å². The van der Waals surface area contributed by atoms with Crippen LogP contribution in [-0.4, -0.2) is 23.1 Å². The van der Waals surface area contributed by atoms with Crippen LogP contribution in [0.5, 0.6) is 5.75 Å². The zero-order valence-electron chi connectivity index (χ0n) is 9.71. The zero-order valence-corrected chi connectivity index (χ0v) is 9.71. The monoisotopic (exact) mass is 237 g/mol. The summed E-state index contributed by atoms with van der Waals surface area (Å²) >= 11 is 0. The first-order valence-corrected chi connectivity index (χ1v) is 5.21. The second-order valence-corrected chi connectivity index (χ2v) is 4.01. The van der Waals surface area contributed by atoms with Gasteiger partial charge in [0.15, 0.2) is 6.10 Å². The van der Waals surface area contributed by atoms with E-state index in [1.54, 1.807) is 32.0 Å². The normalized spacial score (nSPS) is 12.2. The fraction of sp³-hybridized carbons (Fsp3) is 0.333. The highest BCUT2D eigenvalue weighted by atomic mass is 16.5. The molecule has 5 nitrogen and oxygen atoms in total. The van der Waals surface area contributed by atoms with E-state index in [9.17, 15) is 9.59 Å². The number of benzene rings is 1. The average Bonchev–Trinajstić information content (AvgIpc) is 2.25. The van der Waals surface area contributed by atoms with Crippen LogP contribution >= 0.6 is 0 Å². The highest BCUT2D eigenvalue weighted by molar-refractivity contribution is 5.93. The van der Waals surface area contributed by atoms with Crippen molar-refractivity contribution in [3.63, 3.8) is 0 Å². The number of carbonyl (C=O) groups excluding carboxylic acids is 1. The van der Waals surface area contributed by atoms with Gasteiger partial charge in [0.25, 0.3) is 0 Å². The molecule has 92 valence electrons. The van der Waals surface area contributed by atoms with Crippen LogP contribution in [0.4, 0.5) is 0 Å². The highest BCUT2D eigenvalue weighted by Crippen LogP contribution is 2.17. The summed E-state index contributed by atoms with van der Waals surface area (Å²) in [6, 6.07) is 6.15. The molecule has 0 saturated heterocycles. The highest BCUT2D eigenvalue weighted by Gasteiger charge is 2.23. The lowest BCUT2D eigenvalue weighted by atomic mass is 10.1. The molecule has 0 heterocycles. The lowest BCUT2D eigenvalue weighted by Crippen LogP contribution is -2.32. The Morgan fingerprint density at radius 1 is 1.35 bits per heavy atom. The molecule has 1 rings (SSSR count). The second kappa shape index (κ2) is 5.34. The Morgan fingerprint density at radius 3 is 2.47 bits per heavy atom. The number of primary amides is 1. The Labute approximate surface area is 99.2 Å². The summed E-state index contributed by atoms with van der Waals surface area (Å²) in [5.74, 6) is -1.47. The number of rotatable bonds is 5. The maximum atomic E-state index is 11.0. The number of carboxylic acids is 1. The van der Waals surface area contributed by atoms with Gasteiger partial charge < -0.3 is 15.6 Å². The minimum Gasteiger partial charge on any atom is -0.478 e. The van der Waals surface area contributed by atoms with Crippen LogP contribution in [0.2, 0.25) is 0 Å². The van der Waals surface area contributed by atoms with Crippen molar-refractivity contribution in [1.82, 2.24) is 0 Å². The van der Waals surface area contributed by atoms with Crippen molar-refractivity contribution in [2.24, 2.45) is 11.7 Å². The molecule has 0 aliphatic carbocycles. The number of aliphatic carboxylic acids is 1. The van der Waals surface area contributed by atoms with Gasteiger partial charge in [0, 0.05) is 11.5 Å². The van der Waals surface area contributed by atoms with Gasteiger partial charge in [0.1, 0.15) is 5.75 Å². The van der Waals surface area contributed by atoms with E-state index < -0.39 is 18.0 Å². The summed E-state index contributed by atoms with van der Waals surface area (Å²) in [6.45, 7) is 3.49. The molecule has 0 aliphatic heterocycles. The van der Waals surface area contributed by atoms with E-state index in [0.717, 1.165) is 0 Å². The van der Waals surface area contributed by atoms with Crippen molar-refractivity contribution in [3.05, 3.63) is 29.8 Å². The zero-order chi connectivity index (χ0) is 13.0. The van der Waals surface area contributed by atoms with E-state index in [1.165, 1.54) is 6.07 Å². The fourth-order valence-electron chi connectivity index (χ4n) is 1.34. The van der Waals surface area contributed by atoms with Crippen molar-refractivity contribution in [2.45, 2.75) is 20.0 Å². The molecule has 0 bridgehead atoms. The van der Waals surface area contributed by atoms with E-state index in [1.807, 2.05) is 0 Å². The number of hydrogen-bond donors (Lipinski definition) is 2. The number of ether oxygens (including phenoxy) is 1. The lowest BCUT2D eigenvalue weighted by molar-refractivity contribution is -0.147. The number of hydrogen-bond acceptors (Lipinski definition) is 3. The number of nitrogens with two attached hydrogens (primary N) is 1. The van der Waals surface area contributed by atoms with Crippen molar-refractivity contribution in [2.75, 3.05) is 0 Å². The molecule has 3 N–H and O–H groups in total. The van der Waals surface area contributed by atoms with E-state index in [2.05, 4.69) is 0 Å². The van der Waals surface area contributed by atoms with Crippen molar-refractivity contribution >= 4 is 11.9 Å². The van der Waals surface area contributed by atoms with Crippen LogP contribution < -0.4 is 10.5 Å². The Kier molecular flexibility index (Phi) is 4.09. The molecule has 17 heavy (non-hydrogen) atoms.